The standard InChI is InChI=1S/C14H16N2O2/c1-9-3-5-11(13-6-4-10(2)18-13)12(7-9)16-14(17)8-15/h3-7H,8,15H2,1-2H3,(H,16,17). The van der Waals surface area contributed by atoms with E-state index in [2.05, 4.69) is 5.32 Å². The van der Waals surface area contributed by atoms with E-state index in [4.69, 9.17) is 10.2 Å². The van der Waals surface area contributed by atoms with Gasteiger partial charge >= 0.3 is 0 Å². The fourth-order valence-electron chi connectivity index (χ4n) is 1.76. The molecule has 2 aromatic rings. The Kier molecular flexibility index (Phi) is 3.48. The van der Waals surface area contributed by atoms with E-state index in [0.29, 0.717) is 0 Å². The number of amides is 1. The van der Waals surface area contributed by atoms with Crippen molar-refractivity contribution < 1.29 is 9.21 Å². The number of rotatable bonds is 3. The Hall–Kier alpha value is -2.07. The van der Waals surface area contributed by atoms with Gasteiger partial charge < -0.3 is 15.5 Å². The van der Waals surface area contributed by atoms with Gasteiger partial charge in [-0.05, 0) is 43.7 Å². The van der Waals surface area contributed by atoms with Crippen LogP contribution in [0.2, 0.25) is 0 Å². The fourth-order valence-corrected chi connectivity index (χ4v) is 1.76. The van der Waals surface area contributed by atoms with Crippen molar-refractivity contribution in [3.8, 4) is 11.3 Å². The molecule has 1 amide bonds. The molecular weight excluding hydrogens is 228 g/mol. The van der Waals surface area contributed by atoms with Crippen LogP contribution in [-0.4, -0.2) is 12.5 Å². The molecular formula is C14H16N2O2. The highest BCUT2D eigenvalue weighted by Gasteiger charge is 2.10. The van der Waals surface area contributed by atoms with Gasteiger partial charge in [0, 0.05) is 5.56 Å². The number of aryl methyl sites for hydroxylation is 2. The average Bonchev–Trinajstić information content (AvgIpc) is 2.75. The summed E-state index contributed by atoms with van der Waals surface area (Å²) in [6.07, 6.45) is 0. The maximum atomic E-state index is 11.4. The van der Waals surface area contributed by atoms with E-state index >= 15 is 0 Å². The molecule has 0 fully saturated rings. The minimum Gasteiger partial charge on any atom is -0.461 e. The Morgan fingerprint density at radius 1 is 1.28 bits per heavy atom. The number of hydrogen-bond acceptors (Lipinski definition) is 3. The number of hydrogen-bond donors (Lipinski definition) is 2. The van der Waals surface area contributed by atoms with Crippen LogP contribution in [0.1, 0.15) is 11.3 Å². The molecule has 0 radical (unpaired) electrons. The van der Waals surface area contributed by atoms with Crippen LogP contribution in [-0.2, 0) is 4.79 Å². The van der Waals surface area contributed by atoms with Gasteiger partial charge in [-0.25, -0.2) is 0 Å². The second kappa shape index (κ2) is 5.06. The number of furan rings is 1. The molecule has 1 aromatic heterocycles. The molecule has 0 saturated carbocycles. The van der Waals surface area contributed by atoms with Gasteiger partial charge in [-0.3, -0.25) is 4.79 Å². The zero-order valence-corrected chi connectivity index (χ0v) is 10.5. The van der Waals surface area contributed by atoms with Crippen LogP contribution in [0.4, 0.5) is 5.69 Å². The van der Waals surface area contributed by atoms with Gasteiger partial charge in [-0.1, -0.05) is 6.07 Å². The topological polar surface area (TPSA) is 68.3 Å². The summed E-state index contributed by atoms with van der Waals surface area (Å²) < 4.78 is 5.58. The van der Waals surface area contributed by atoms with E-state index in [1.807, 2.05) is 44.2 Å². The summed E-state index contributed by atoms with van der Waals surface area (Å²) in [7, 11) is 0. The summed E-state index contributed by atoms with van der Waals surface area (Å²) in [6, 6.07) is 9.59. The van der Waals surface area contributed by atoms with Gasteiger partial charge in [0.05, 0.1) is 12.2 Å². The fraction of sp³-hybridized carbons (Fsp3) is 0.214. The van der Waals surface area contributed by atoms with Crippen molar-refractivity contribution in [2.45, 2.75) is 13.8 Å². The number of benzene rings is 1. The van der Waals surface area contributed by atoms with Gasteiger partial charge in [-0.15, -0.1) is 0 Å². The Labute approximate surface area is 106 Å². The number of nitrogens with one attached hydrogen (secondary N) is 1. The molecule has 0 unspecified atom stereocenters. The molecule has 0 spiro atoms. The number of carbonyl (C=O) groups is 1. The van der Waals surface area contributed by atoms with Gasteiger partial charge in [-0.2, -0.15) is 0 Å². The first-order valence-corrected chi connectivity index (χ1v) is 5.77. The summed E-state index contributed by atoms with van der Waals surface area (Å²) in [6.45, 7) is 3.82. The Balaban J connectivity index is 2.43. The van der Waals surface area contributed by atoms with Crippen LogP contribution in [0.3, 0.4) is 0 Å². The molecule has 2 rings (SSSR count). The first kappa shape index (κ1) is 12.4. The van der Waals surface area contributed by atoms with E-state index in [-0.39, 0.29) is 12.5 Å². The number of nitrogens with two attached hydrogens (primary N) is 1. The lowest BCUT2D eigenvalue weighted by atomic mass is 10.1. The van der Waals surface area contributed by atoms with Crippen LogP contribution < -0.4 is 11.1 Å². The van der Waals surface area contributed by atoms with E-state index < -0.39 is 0 Å². The van der Waals surface area contributed by atoms with Crippen molar-refractivity contribution in [1.82, 2.24) is 0 Å². The number of carbonyl (C=O) groups excluding carboxylic acids is 1. The van der Waals surface area contributed by atoms with Crippen LogP contribution in [0.25, 0.3) is 11.3 Å². The molecule has 4 heteroatoms. The van der Waals surface area contributed by atoms with E-state index in [1.54, 1.807) is 0 Å². The van der Waals surface area contributed by atoms with Gasteiger partial charge in [0.1, 0.15) is 11.5 Å². The predicted molar refractivity (Wildman–Crippen MR) is 71.3 cm³/mol. The Morgan fingerprint density at radius 3 is 2.67 bits per heavy atom. The largest absolute Gasteiger partial charge is 0.461 e. The van der Waals surface area contributed by atoms with Crippen LogP contribution >= 0.6 is 0 Å². The summed E-state index contributed by atoms with van der Waals surface area (Å²) in [4.78, 5) is 11.4. The molecule has 0 atom stereocenters. The van der Waals surface area contributed by atoms with Crippen LogP contribution in [0, 0.1) is 13.8 Å². The summed E-state index contributed by atoms with van der Waals surface area (Å²) in [5.74, 6) is 1.35. The first-order valence-electron chi connectivity index (χ1n) is 5.77. The molecule has 0 aliphatic heterocycles. The molecule has 4 nitrogen and oxygen atoms in total. The zero-order chi connectivity index (χ0) is 13.1. The lowest BCUT2D eigenvalue weighted by Gasteiger charge is -2.09. The molecule has 0 aliphatic carbocycles. The molecule has 1 heterocycles. The third-order valence-electron chi connectivity index (χ3n) is 2.64. The summed E-state index contributed by atoms with van der Waals surface area (Å²) in [5.41, 5.74) is 7.96. The minimum atomic E-state index is -0.217. The molecule has 0 bridgehead atoms. The van der Waals surface area contributed by atoms with Crippen molar-refractivity contribution in [1.29, 1.82) is 0 Å². The van der Waals surface area contributed by atoms with Gasteiger partial charge in [0.25, 0.3) is 0 Å². The molecule has 1 aromatic carbocycles. The van der Waals surface area contributed by atoms with Crippen LogP contribution in [0.15, 0.2) is 34.7 Å². The monoisotopic (exact) mass is 244 g/mol. The Morgan fingerprint density at radius 2 is 2.06 bits per heavy atom. The third kappa shape index (κ3) is 2.60. The van der Waals surface area contributed by atoms with Crippen molar-refractivity contribution >= 4 is 11.6 Å². The maximum Gasteiger partial charge on any atom is 0.238 e. The quantitative estimate of drug-likeness (QED) is 0.871. The van der Waals surface area contributed by atoms with Gasteiger partial charge in [0.15, 0.2) is 0 Å². The maximum absolute atomic E-state index is 11.4. The zero-order valence-electron chi connectivity index (χ0n) is 10.5. The molecule has 3 N–H and O–H groups in total. The lowest BCUT2D eigenvalue weighted by molar-refractivity contribution is -0.114. The third-order valence-corrected chi connectivity index (χ3v) is 2.64. The second-order valence-electron chi connectivity index (χ2n) is 4.21. The highest BCUT2D eigenvalue weighted by atomic mass is 16.3. The normalized spacial score (nSPS) is 10.4. The summed E-state index contributed by atoms with van der Waals surface area (Å²) in [5, 5.41) is 2.78. The number of anilines is 1. The first-order chi connectivity index (χ1) is 8.60. The smallest absolute Gasteiger partial charge is 0.238 e. The molecule has 94 valence electrons. The highest BCUT2D eigenvalue weighted by molar-refractivity contribution is 5.96. The molecule has 18 heavy (non-hydrogen) atoms. The second-order valence-corrected chi connectivity index (χ2v) is 4.21. The Bertz CT molecular complexity index is 573. The van der Waals surface area contributed by atoms with Crippen molar-refractivity contribution in [3.05, 3.63) is 41.7 Å². The van der Waals surface area contributed by atoms with Crippen molar-refractivity contribution in [2.24, 2.45) is 5.73 Å². The van der Waals surface area contributed by atoms with Crippen molar-refractivity contribution in [2.75, 3.05) is 11.9 Å². The van der Waals surface area contributed by atoms with E-state index in [1.165, 1.54) is 0 Å². The van der Waals surface area contributed by atoms with Gasteiger partial charge in [0.2, 0.25) is 5.91 Å². The van der Waals surface area contributed by atoms with Crippen molar-refractivity contribution in [3.63, 3.8) is 0 Å². The van der Waals surface area contributed by atoms with E-state index in [9.17, 15) is 4.79 Å². The van der Waals surface area contributed by atoms with E-state index in [0.717, 1.165) is 28.3 Å². The molecule has 0 saturated heterocycles. The lowest BCUT2D eigenvalue weighted by Crippen LogP contribution is -2.22. The SMILES string of the molecule is Cc1ccc(-c2ccc(C)o2)c(NC(=O)CN)c1. The highest BCUT2D eigenvalue weighted by Crippen LogP contribution is 2.30. The average molecular weight is 244 g/mol. The predicted octanol–water partition coefficient (Wildman–Crippen LogP) is 2.46. The van der Waals surface area contributed by atoms with Crippen LogP contribution in [0.5, 0.6) is 0 Å². The summed E-state index contributed by atoms with van der Waals surface area (Å²) >= 11 is 0. The molecule has 0 aliphatic rings. The minimum absolute atomic E-state index is 0.0371.